The van der Waals surface area contributed by atoms with Gasteiger partial charge in [0.25, 0.3) is 5.91 Å². The molecule has 4 N–H and O–H groups in total. The number of carbonyl (C=O) groups excluding carboxylic acids is 1. The van der Waals surface area contributed by atoms with E-state index in [4.69, 9.17) is 10.9 Å². The molecule has 1 unspecified atom stereocenters. The van der Waals surface area contributed by atoms with Crippen LogP contribution in [0.2, 0.25) is 0 Å². The van der Waals surface area contributed by atoms with Gasteiger partial charge in [0.15, 0.2) is 5.84 Å². The summed E-state index contributed by atoms with van der Waals surface area (Å²) >= 11 is 1.44. The number of nitrogens with zero attached hydrogens (tertiary/aromatic N) is 1. The number of oxime groups is 1. The van der Waals surface area contributed by atoms with E-state index in [1.165, 1.54) is 11.3 Å². The molecule has 5 nitrogen and oxygen atoms in total. The van der Waals surface area contributed by atoms with Crippen molar-refractivity contribution in [3.05, 3.63) is 21.4 Å². The summed E-state index contributed by atoms with van der Waals surface area (Å²) in [6.07, 6.45) is 0.540. The van der Waals surface area contributed by atoms with E-state index < -0.39 is 5.54 Å². The molecule has 1 rings (SSSR count). The van der Waals surface area contributed by atoms with Crippen LogP contribution in [-0.4, -0.2) is 22.5 Å². The first kappa shape index (κ1) is 14.5. The minimum Gasteiger partial charge on any atom is -0.409 e. The van der Waals surface area contributed by atoms with Gasteiger partial charge in [-0.3, -0.25) is 4.79 Å². The van der Waals surface area contributed by atoms with Crippen LogP contribution in [0.5, 0.6) is 0 Å². The molecule has 0 aliphatic carbocycles. The van der Waals surface area contributed by atoms with Crippen molar-refractivity contribution < 1.29 is 10.0 Å². The van der Waals surface area contributed by atoms with E-state index in [1.54, 1.807) is 6.92 Å². The zero-order valence-corrected chi connectivity index (χ0v) is 11.9. The summed E-state index contributed by atoms with van der Waals surface area (Å²) in [5, 5.41) is 14.5. The molecule has 0 saturated carbocycles. The summed E-state index contributed by atoms with van der Waals surface area (Å²) in [5.74, 6) is -0.199. The average Bonchev–Trinajstić information content (AvgIpc) is 2.68. The van der Waals surface area contributed by atoms with Crippen LogP contribution >= 0.6 is 11.3 Å². The number of hydrogen-bond donors (Lipinski definition) is 3. The molecule has 18 heavy (non-hydrogen) atoms. The molecule has 1 heterocycles. The summed E-state index contributed by atoms with van der Waals surface area (Å²) in [5.41, 5.74) is 5.87. The molecule has 6 heteroatoms. The first-order valence-corrected chi connectivity index (χ1v) is 6.53. The second-order valence-electron chi connectivity index (χ2n) is 4.47. The predicted octanol–water partition coefficient (Wildman–Crippen LogP) is 2.01. The highest BCUT2D eigenvalue weighted by Crippen LogP contribution is 2.21. The second kappa shape index (κ2) is 5.39. The molecule has 0 aliphatic rings. The van der Waals surface area contributed by atoms with Crippen LogP contribution in [0.25, 0.3) is 0 Å². The Bertz CT molecular complexity index is 462. The van der Waals surface area contributed by atoms with Gasteiger partial charge in [-0.05, 0) is 38.8 Å². The normalized spacial score (nSPS) is 15.2. The molecule has 0 fully saturated rings. The number of nitrogens with one attached hydrogen (secondary N) is 1. The third-order valence-corrected chi connectivity index (χ3v) is 4.31. The van der Waals surface area contributed by atoms with Gasteiger partial charge < -0.3 is 16.3 Å². The molecule has 100 valence electrons. The Morgan fingerprint density at radius 2 is 2.22 bits per heavy atom. The van der Waals surface area contributed by atoms with Crippen molar-refractivity contribution in [1.82, 2.24) is 5.32 Å². The van der Waals surface area contributed by atoms with Crippen LogP contribution in [-0.2, 0) is 0 Å². The van der Waals surface area contributed by atoms with E-state index in [-0.39, 0.29) is 11.7 Å². The largest absolute Gasteiger partial charge is 0.409 e. The molecule has 0 bridgehead atoms. The number of amides is 1. The number of carbonyl (C=O) groups is 1. The zero-order chi connectivity index (χ0) is 13.9. The Morgan fingerprint density at radius 3 is 2.61 bits per heavy atom. The molecule has 0 radical (unpaired) electrons. The SMILES string of the molecule is CCC(C)(NC(=O)c1cc(C)c(C)s1)C(N)=NO. The van der Waals surface area contributed by atoms with E-state index in [0.717, 1.165) is 10.4 Å². The lowest BCUT2D eigenvalue weighted by Gasteiger charge is -2.27. The van der Waals surface area contributed by atoms with Crippen molar-refractivity contribution in [3.63, 3.8) is 0 Å². The molecule has 1 aromatic heterocycles. The van der Waals surface area contributed by atoms with Crippen molar-refractivity contribution in [2.75, 3.05) is 0 Å². The van der Waals surface area contributed by atoms with E-state index in [9.17, 15) is 4.79 Å². The average molecular weight is 269 g/mol. The van der Waals surface area contributed by atoms with Gasteiger partial charge in [-0.1, -0.05) is 12.1 Å². The number of thiophene rings is 1. The fourth-order valence-electron chi connectivity index (χ4n) is 1.44. The highest BCUT2D eigenvalue weighted by atomic mass is 32.1. The third-order valence-electron chi connectivity index (χ3n) is 3.16. The van der Waals surface area contributed by atoms with E-state index >= 15 is 0 Å². The highest BCUT2D eigenvalue weighted by molar-refractivity contribution is 7.14. The van der Waals surface area contributed by atoms with Crippen molar-refractivity contribution in [1.29, 1.82) is 0 Å². The summed E-state index contributed by atoms with van der Waals surface area (Å²) in [7, 11) is 0. The Hall–Kier alpha value is -1.56. The predicted molar refractivity (Wildman–Crippen MR) is 73.4 cm³/mol. The lowest BCUT2D eigenvalue weighted by atomic mass is 9.97. The lowest BCUT2D eigenvalue weighted by Crippen LogP contribution is -2.54. The minimum atomic E-state index is -0.836. The van der Waals surface area contributed by atoms with Crippen LogP contribution in [0.3, 0.4) is 0 Å². The molecule has 0 aliphatic heterocycles. The van der Waals surface area contributed by atoms with Gasteiger partial charge >= 0.3 is 0 Å². The van der Waals surface area contributed by atoms with Crippen LogP contribution in [0.4, 0.5) is 0 Å². The molecule has 0 saturated heterocycles. The van der Waals surface area contributed by atoms with Gasteiger partial charge in [0.1, 0.15) is 0 Å². The van der Waals surface area contributed by atoms with Crippen molar-refractivity contribution >= 4 is 23.1 Å². The smallest absolute Gasteiger partial charge is 0.262 e. The second-order valence-corrected chi connectivity index (χ2v) is 5.73. The quantitative estimate of drug-likeness (QED) is 0.338. The van der Waals surface area contributed by atoms with Gasteiger partial charge in [0.05, 0.1) is 10.4 Å². The van der Waals surface area contributed by atoms with Gasteiger partial charge in [-0.2, -0.15) is 0 Å². The summed E-state index contributed by atoms with van der Waals surface area (Å²) < 4.78 is 0. The Labute approximate surface area is 111 Å². The number of rotatable bonds is 4. The van der Waals surface area contributed by atoms with Crippen LogP contribution in [0.15, 0.2) is 11.2 Å². The fraction of sp³-hybridized carbons (Fsp3) is 0.500. The maximum absolute atomic E-state index is 12.1. The molecule has 1 amide bonds. The monoisotopic (exact) mass is 269 g/mol. The maximum atomic E-state index is 12.1. The number of aryl methyl sites for hydroxylation is 2. The fourth-order valence-corrected chi connectivity index (χ4v) is 2.37. The third kappa shape index (κ3) is 2.81. The van der Waals surface area contributed by atoms with E-state index in [1.807, 2.05) is 26.8 Å². The molecular formula is C12H19N3O2S. The number of amidine groups is 1. The summed E-state index contributed by atoms with van der Waals surface area (Å²) in [6.45, 7) is 7.53. The van der Waals surface area contributed by atoms with Gasteiger partial charge in [0, 0.05) is 4.88 Å². The van der Waals surface area contributed by atoms with Crippen LogP contribution < -0.4 is 11.1 Å². The molecule has 0 spiro atoms. The van der Waals surface area contributed by atoms with Crippen molar-refractivity contribution in [2.45, 2.75) is 39.7 Å². The highest BCUT2D eigenvalue weighted by Gasteiger charge is 2.30. The Balaban J connectivity index is 2.93. The molecule has 1 atom stereocenters. The van der Waals surface area contributed by atoms with Crippen molar-refractivity contribution in [2.24, 2.45) is 10.9 Å². The van der Waals surface area contributed by atoms with E-state index in [0.29, 0.717) is 11.3 Å². The molecular weight excluding hydrogens is 250 g/mol. The summed E-state index contributed by atoms with van der Waals surface area (Å²) in [4.78, 5) is 13.9. The van der Waals surface area contributed by atoms with E-state index in [2.05, 4.69) is 10.5 Å². The standard InChI is InChI=1S/C12H19N3O2S/c1-5-12(4,11(13)15-17)14-10(16)9-6-7(2)8(3)18-9/h6,17H,5H2,1-4H3,(H2,13,15)(H,14,16). The molecule has 1 aromatic rings. The van der Waals surface area contributed by atoms with Crippen LogP contribution in [0.1, 0.15) is 40.4 Å². The summed E-state index contributed by atoms with van der Waals surface area (Å²) in [6, 6.07) is 1.84. The van der Waals surface area contributed by atoms with Crippen LogP contribution in [0, 0.1) is 13.8 Å². The van der Waals surface area contributed by atoms with Crippen molar-refractivity contribution in [3.8, 4) is 0 Å². The number of nitrogens with two attached hydrogens (primary N) is 1. The number of hydrogen-bond acceptors (Lipinski definition) is 4. The molecule has 0 aromatic carbocycles. The van der Waals surface area contributed by atoms with Gasteiger partial charge in [-0.25, -0.2) is 0 Å². The topological polar surface area (TPSA) is 87.7 Å². The Morgan fingerprint density at radius 1 is 1.61 bits per heavy atom. The van der Waals surface area contributed by atoms with Gasteiger partial charge in [0.2, 0.25) is 0 Å². The maximum Gasteiger partial charge on any atom is 0.262 e. The lowest BCUT2D eigenvalue weighted by molar-refractivity contribution is 0.0929. The first-order valence-electron chi connectivity index (χ1n) is 5.71. The Kier molecular flexibility index (Phi) is 4.34. The minimum absolute atomic E-state index is 0.00310. The zero-order valence-electron chi connectivity index (χ0n) is 11.1. The van der Waals surface area contributed by atoms with Gasteiger partial charge in [-0.15, -0.1) is 11.3 Å². The first-order chi connectivity index (χ1) is 8.34.